The number of ether oxygens (including phenoxy) is 2. The van der Waals surface area contributed by atoms with Gasteiger partial charge >= 0.3 is 0 Å². The highest BCUT2D eigenvalue weighted by molar-refractivity contribution is 4.74. The van der Waals surface area contributed by atoms with E-state index in [0.29, 0.717) is 32.3 Å². The molecule has 1 saturated carbocycles. The molecule has 0 amide bonds. The lowest BCUT2D eigenvalue weighted by molar-refractivity contribution is 0.00338. The predicted octanol–water partition coefficient (Wildman–Crippen LogP) is 1.32. The standard InChI is InChI=1S/C16H33NO4/c1-2-3-7-20-8-9-21-13-16(19)12-17-11-14-5-4-6-15(18)10-14/h14-19H,2-13H2,1H3. The van der Waals surface area contributed by atoms with Crippen LogP contribution in [-0.4, -0.2) is 61.9 Å². The van der Waals surface area contributed by atoms with Gasteiger partial charge in [-0.25, -0.2) is 0 Å². The lowest BCUT2D eigenvalue weighted by Crippen LogP contribution is -2.35. The van der Waals surface area contributed by atoms with Crippen LogP contribution in [0.15, 0.2) is 0 Å². The monoisotopic (exact) mass is 303 g/mol. The molecule has 0 aliphatic heterocycles. The maximum atomic E-state index is 9.79. The number of hydrogen-bond donors (Lipinski definition) is 3. The minimum absolute atomic E-state index is 0.133. The van der Waals surface area contributed by atoms with Crippen molar-refractivity contribution in [3.8, 4) is 0 Å². The van der Waals surface area contributed by atoms with Crippen LogP contribution in [0.4, 0.5) is 0 Å². The van der Waals surface area contributed by atoms with Gasteiger partial charge < -0.3 is 25.0 Å². The van der Waals surface area contributed by atoms with Crippen molar-refractivity contribution < 1.29 is 19.7 Å². The number of hydrogen-bond acceptors (Lipinski definition) is 5. The summed E-state index contributed by atoms with van der Waals surface area (Å²) in [6.07, 6.45) is 5.72. The third kappa shape index (κ3) is 10.2. The van der Waals surface area contributed by atoms with Crippen LogP contribution in [0.5, 0.6) is 0 Å². The van der Waals surface area contributed by atoms with Crippen molar-refractivity contribution in [3.63, 3.8) is 0 Å². The van der Waals surface area contributed by atoms with Gasteiger partial charge in [-0.15, -0.1) is 0 Å². The first-order chi connectivity index (χ1) is 10.2. The highest BCUT2D eigenvalue weighted by Gasteiger charge is 2.19. The van der Waals surface area contributed by atoms with Crippen molar-refractivity contribution in [2.24, 2.45) is 5.92 Å². The molecule has 0 radical (unpaired) electrons. The van der Waals surface area contributed by atoms with E-state index in [1.165, 1.54) is 6.42 Å². The largest absolute Gasteiger partial charge is 0.393 e. The van der Waals surface area contributed by atoms with E-state index in [2.05, 4.69) is 12.2 Å². The van der Waals surface area contributed by atoms with Crippen molar-refractivity contribution in [1.29, 1.82) is 0 Å². The third-order valence-corrected chi connectivity index (χ3v) is 3.89. The van der Waals surface area contributed by atoms with Crippen LogP contribution >= 0.6 is 0 Å². The molecule has 1 aliphatic rings. The first kappa shape index (κ1) is 18.8. The Kier molecular flexibility index (Phi) is 11.1. The maximum absolute atomic E-state index is 9.79. The van der Waals surface area contributed by atoms with Crippen LogP contribution in [0.1, 0.15) is 45.4 Å². The van der Waals surface area contributed by atoms with E-state index < -0.39 is 6.10 Å². The van der Waals surface area contributed by atoms with Crippen LogP contribution in [0.2, 0.25) is 0 Å². The molecule has 3 atom stereocenters. The topological polar surface area (TPSA) is 71.0 Å². The molecule has 21 heavy (non-hydrogen) atoms. The second-order valence-corrected chi connectivity index (χ2v) is 6.04. The highest BCUT2D eigenvalue weighted by Crippen LogP contribution is 2.23. The fourth-order valence-corrected chi connectivity index (χ4v) is 2.65. The zero-order valence-electron chi connectivity index (χ0n) is 13.4. The van der Waals surface area contributed by atoms with Crippen molar-refractivity contribution in [2.75, 3.05) is 39.5 Å². The van der Waals surface area contributed by atoms with Gasteiger partial charge in [-0.3, -0.25) is 0 Å². The Morgan fingerprint density at radius 3 is 2.76 bits per heavy atom. The van der Waals surface area contributed by atoms with Crippen LogP contribution in [0, 0.1) is 5.92 Å². The molecule has 0 aromatic carbocycles. The molecule has 3 unspecified atom stereocenters. The van der Waals surface area contributed by atoms with Crippen molar-refractivity contribution in [3.05, 3.63) is 0 Å². The minimum Gasteiger partial charge on any atom is -0.393 e. The molecule has 1 aliphatic carbocycles. The molecule has 3 N–H and O–H groups in total. The van der Waals surface area contributed by atoms with E-state index in [9.17, 15) is 10.2 Å². The van der Waals surface area contributed by atoms with E-state index in [1.54, 1.807) is 0 Å². The zero-order chi connectivity index (χ0) is 15.3. The Labute approximate surface area is 129 Å². The molecule has 0 spiro atoms. The number of nitrogens with one attached hydrogen (secondary N) is 1. The lowest BCUT2D eigenvalue weighted by Gasteiger charge is -2.26. The second kappa shape index (κ2) is 12.4. The average Bonchev–Trinajstić information content (AvgIpc) is 2.46. The molecule has 5 heteroatoms. The van der Waals surface area contributed by atoms with Gasteiger partial charge in [0, 0.05) is 13.2 Å². The van der Waals surface area contributed by atoms with E-state index in [0.717, 1.165) is 45.3 Å². The molecule has 1 fully saturated rings. The van der Waals surface area contributed by atoms with Gasteiger partial charge in [0.05, 0.1) is 32.0 Å². The van der Waals surface area contributed by atoms with Gasteiger partial charge in [0.25, 0.3) is 0 Å². The van der Waals surface area contributed by atoms with Crippen molar-refractivity contribution >= 4 is 0 Å². The summed E-state index contributed by atoms with van der Waals surface area (Å²) >= 11 is 0. The molecule has 0 aromatic heterocycles. The quantitative estimate of drug-likeness (QED) is 0.474. The van der Waals surface area contributed by atoms with Gasteiger partial charge in [-0.2, -0.15) is 0 Å². The Morgan fingerprint density at radius 2 is 2.00 bits per heavy atom. The van der Waals surface area contributed by atoms with Gasteiger partial charge in [0.1, 0.15) is 0 Å². The van der Waals surface area contributed by atoms with Crippen LogP contribution in [-0.2, 0) is 9.47 Å². The van der Waals surface area contributed by atoms with Crippen LogP contribution < -0.4 is 5.32 Å². The summed E-state index contributed by atoms with van der Waals surface area (Å²) in [6, 6.07) is 0. The smallest absolute Gasteiger partial charge is 0.0897 e. The summed E-state index contributed by atoms with van der Waals surface area (Å²) in [5, 5.41) is 22.7. The number of aliphatic hydroxyl groups excluding tert-OH is 2. The normalized spacial score (nSPS) is 24.1. The third-order valence-electron chi connectivity index (χ3n) is 3.89. The molecule has 1 rings (SSSR count). The van der Waals surface area contributed by atoms with E-state index in [1.807, 2.05) is 0 Å². The SMILES string of the molecule is CCCCOCCOCC(O)CNCC1CCCC(O)C1. The van der Waals surface area contributed by atoms with Gasteiger partial charge in [0.2, 0.25) is 0 Å². The van der Waals surface area contributed by atoms with Crippen LogP contribution in [0.25, 0.3) is 0 Å². The van der Waals surface area contributed by atoms with Gasteiger partial charge in [-0.1, -0.05) is 19.8 Å². The molecule has 0 bridgehead atoms. The predicted molar refractivity (Wildman–Crippen MR) is 83.4 cm³/mol. The first-order valence-electron chi connectivity index (χ1n) is 8.44. The van der Waals surface area contributed by atoms with Crippen molar-refractivity contribution in [1.82, 2.24) is 5.32 Å². The van der Waals surface area contributed by atoms with Crippen LogP contribution in [0.3, 0.4) is 0 Å². The molecular formula is C16H33NO4. The van der Waals surface area contributed by atoms with E-state index >= 15 is 0 Å². The Balaban J connectivity index is 1.88. The molecular weight excluding hydrogens is 270 g/mol. The number of rotatable bonds is 12. The molecule has 0 heterocycles. The average molecular weight is 303 g/mol. The summed E-state index contributed by atoms with van der Waals surface area (Å²) in [5.74, 6) is 0.536. The number of unbranched alkanes of at least 4 members (excludes halogenated alkanes) is 1. The summed E-state index contributed by atoms with van der Waals surface area (Å²) in [5.41, 5.74) is 0. The summed E-state index contributed by atoms with van der Waals surface area (Å²) in [7, 11) is 0. The molecule has 0 saturated heterocycles. The Hall–Kier alpha value is -0.200. The molecule has 126 valence electrons. The molecule has 5 nitrogen and oxygen atoms in total. The van der Waals surface area contributed by atoms with E-state index in [4.69, 9.17) is 9.47 Å². The summed E-state index contributed by atoms with van der Waals surface area (Å²) in [4.78, 5) is 0. The lowest BCUT2D eigenvalue weighted by atomic mass is 9.87. The Morgan fingerprint density at radius 1 is 1.19 bits per heavy atom. The molecule has 0 aromatic rings. The summed E-state index contributed by atoms with van der Waals surface area (Å²) < 4.78 is 10.8. The Bertz CT molecular complexity index is 240. The highest BCUT2D eigenvalue weighted by atomic mass is 16.5. The van der Waals surface area contributed by atoms with Gasteiger partial charge in [0.15, 0.2) is 0 Å². The fourth-order valence-electron chi connectivity index (χ4n) is 2.65. The zero-order valence-corrected chi connectivity index (χ0v) is 13.4. The maximum Gasteiger partial charge on any atom is 0.0897 e. The first-order valence-corrected chi connectivity index (χ1v) is 8.44. The van der Waals surface area contributed by atoms with Gasteiger partial charge in [-0.05, 0) is 38.1 Å². The second-order valence-electron chi connectivity index (χ2n) is 6.04. The minimum atomic E-state index is -0.478. The fraction of sp³-hybridized carbons (Fsp3) is 1.00. The summed E-state index contributed by atoms with van der Waals surface area (Å²) in [6.45, 7) is 5.82. The number of aliphatic hydroxyl groups is 2. The van der Waals surface area contributed by atoms with E-state index in [-0.39, 0.29) is 6.10 Å². The van der Waals surface area contributed by atoms with Crippen molar-refractivity contribution in [2.45, 2.75) is 57.7 Å².